The van der Waals surface area contributed by atoms with E-state index in [1.54, 1.807) is 42.1 Å². The summed E-state index contributed by atoms with van der Waals surface area (Å²) in [7, 11) is 0. The molecule has 140 valence electrons. The molecule has 8 heteroatoms. The Kier molecular flexibility index (Phi) is 5.98. The molecule has 0 radical (unpaired) electrons. The molecule has 0 aliphatic heterocycles. The minimum Gasteiger partial charge on any atom is -0.481 e. The van der Waals surface area contributed by atoms with Gasteiger partial charge in [-0.1, -0.05) is 29.3 Å². The first-order valence-electron chi connectivity index (χ1n) is 8.11. The molecule has 0 spiro atoms. The lowest BCUT2D eigenvalue weighted by molar-refractivity contribution is -0.122. The lowest BCUT2D eigenvalue weighted by Crippen LogP contribution is -2.31. The third kappa shape index (κ3) is 4.99. The molecule has 27 heavy (non-hydrogen) atoms. The maximum atomic E-state index is 12.9. The second-order valence-corrected chi connectivity index (χ2v) is 6.66. The molecule has 5 nitrogen and oxygen atoms in total. The number of nitrogens with zero attached hydrogens (tertiary/aromatic N) is 2. The summed E-state index contributed by atoms with van der Waals surface area (Å²) in [6, 6.07) is 12.3. The Morgan fingerprint density at radius 2 is 1.96 bits per heavy atom. The zero-order chi connectivity index (χ0) is 19.4. The number of hydrogen-bond donors (Lipinski definition) is 1. The summed E-state index contributed by atoms with van der Waals surface area (Å²) in [5.41, 5.74) is 0.816. The quantitative estimate of drug-likeness (QED) is 0.639. The number of amides is 1. The van der Waals surface area contributed by atoms with Crippen molar-refractivity contribution in [3.05, 3.63) is 76.2 Å². The standard InChI is InChI=1S/C19H16Cl2FN3O2/c1-12(27-16-6-4-15(22)5-7-16)19(26)24-18-8-9-23-25(18)11-13-2-3-14(20)10-17(13)21/h2-10,12H,11H2,1H3,(H,24,26)/t12-/m0/s1. The van der Waals surface area contributed by atoms with Gasteiger partial charge >= 0.3 is 0 Å². The number of benzene rings is 2. The number of anilines is 1. The topological polar surface area (TPSA) is 56.1 Å². The van der Waals surface area contributed by atoms with E-state index in [4.69, 9.17) is 27.9 Å². The van der Waals surface area contributed by atoms with Crippen LogP contribution in [0.5, 0.6) is 5.75 Å². The molecule has 1 N–H and O–H groups in total. The predicted molar refractivity (Wildman–Crippen MR) is 103 cm³/mol. The number of carbonyl (C=O) groups is 1. The molecule has 0 bridgehead atoms. The Labute approximate surface area is 165 Å². The van der Waals surface area contributed by atoms with E-state index in [9.17, 15) is 9.18 Å². The molecule has 1 amide bonds. The van der Waals surface area contributed by atoms with Gasteiger partial charge in [0.05, 0.1) is 12.7 Å². The minimum atomic E-state index is -0.780. The Hall–Kier alpha value is -2.57. The minimum absolute atomic E-state index is 0.358. The van der Waals surface area contributed by atoms with Gasteiger partial charge in [-0.2, -0.15) is 5.10 Å². The van der Waals surface area contributed by atoms with Gasteiger partial charge < -0.3 is 10.1 Å². The van der Waals surface area contributed by atoms with Crippen LogP contribution in [0.3, 0.4) is 0 Å². The highest BCUT2D eigenvalue weighted by Gasteiger charge is 2.17. The number of halogens is 3. The molecule has 2 aromatic carbocycles. The third-order valence-electron chi connectivity index (χ3n) is 3.80. The predicted octanol–water partition coefficient (Wildman–Crippen LogP) is 4.78. The fraction of sp³-hybridized carbons (Fsp3) is 0.158. The van der Waals surface area contributed by atoms with Gasteiger partial charge in [0.2, 0.25) is 0 Å². The molecule has 0 saturated heterocycles. The number of nitrogens with one attached hydrogen (secondary N) is 1. The molecule has 3 aromatic rings. The molecular formula is C19H16Cl2FN3O2. The van der Waals surface area contributed by atoms with Crippen molar-refractivity contribution in [1.82, 2.24) is 9.78 Å². The molecule has 0 fully saturated rings. The third-order valence-corrected chi connectivity index (χ3v) is 4.39. The number of rotatable bonds is 6. The Morgan fingerprint density at radius 1 is 1.22 bits per heavy atom. The van der Waals surface area contributed by atoms with Crippen LogP contribution in [0, 0.1) is 5.82 Å². The molecule has 1 atom stereocenters. The molecule has 1 heterocycles. The van der Waals surface area contributed by atoms with E-state index in [1.165, 1.54) is 24.3 Å². The summed E-state index contributed by atoms with van der Waals surface area (Å²) < 4.78 is 20.1. The van der Waals surface area contributed by atoms with E-state index in [0.29, 0.717) is 28.2 Å². The van der Waals surface area contributed by atoms with Crippen molar-refractivity contribution in [2.24, 2.45) is 0 Å². The van der Waals surface area contributed by atoms with Crippen molar-refractivity contribution >= 4 is 34.9 Å². The normalized spacial score (nSPS) is 11.9. The van der Waals surface area contributed by atoms with Gasteiger partial charge in [0.15, 0.2) is 6.10 Å². The van der Waals surface area contributed by atoms with E-state index >= 15 is 0 Å². The van der Waals surface area contributed by atoms with Crippen LogP contribution in [0.15, 0.2) is 54.7 Å². The van der Waals surface area contributed by atoms with Gasteiger partial charge in [-0.05, 0) is 48.9 Å². The van der Waals surface area contributed by atoms with Crippen LogP contribution in [-0.2, 0) is 11.3 Å². The van der Waals surface area contributed by atoms with E-state index in [-0.39, 0.29) is 11.7 Å². The highest BCUT2D eigenvalue weighted by atomic mass is 35.5. The van der Waals surface area contributed by atoms with Gasteiger partial charge in [0.25, 0.3) is 5.91 Å². The van der Waals surface area contributed by atoms with Gasteiger partial charge in [0.1, 0.15) is 17.4 Å². The molecular weight excluding hydrogens is 392 g/mol. The van der Waals surface area contributed by atoms with Gasteiger partial charge in [-0.3, -0.25) is 4.79 Å². The van der Waals surface area contributed by atoms with Gasteiger partial charge in [-0.15, -0.1) is 0 Å². The first-order valence-corrected chi connectivity index (χ1v) is 8.87. The maximum Gasteiger partial charge on any atom is 0.266 e. The largest absolute Gasteiger partial charge is 0.481 e. The van der Waals surface area contributed by atoms with Crippen molar-refractivity contribution in [2.45, 2.75) is 19.6 Å². The number of aromatic nitrogens is 2. The monoisotopic (exact) mass is 407 g/mol. The Balaban J connectivity index is 1.66. The fourth-order valence-electron chi connectivity index (χ4n) is 2.37. The molecule has 0 aliphatic carbocycles. The number of hydrogen-bond acceptors (Lipinski definition) is 3. The molecule has 3 rings (SSSR count). The van der Waals surface area contributed by atoms with E-state index < -0.39 is 6.10 Å². The van der Waals surface area contributed by atoms with Crippen molar-refractivity contribution in [1.29, 1.82) is 0 Å². The van der Waals surface area contributed by atoms with Crippen LogP contribution in [0.25, 0.3) is 0 Å². The Morgan fingerprint density at radius 3 is 2.67 bits per heavy atom. The summed E-state index contributed by atoms with van der Waals surface area (Å²) in [5, 5.41) is 8.04. The SMILES string of the molecule is C[C@H](Oc1ccc(F)cc1)C(=O)Nc1ccnn1Cc1ccc(Cl)cc1Cl. The summed E-state index contributed by atoms with van der Waals surface area (Å²) in [4.78, 5) is 12.4. The van der Waals surface area contributed by atoms with Crippen LogP contribution in [0.4, 0.5) is 10.2 Å². The van der Waals surface area contributed by atoms with Crippen LogP contribution in [0.2, 0.25) is 10.0 Å². The van der Waals surface area contributed by atoms with E-state index in [0.717, 1.165) is 5.56 Å². The maximum absolute atomic E-state index is 12.9. The van der Waals surface area contributed by atoms with Crippen LogP contribution in [0.1, 0.15) is 12.5 Å². The van der Waals surface area contributed by atoms with E-state index in [2.05, 4.69) is 10.4 Å². The van der Waals surface area contributed by atoms with Crippen LogP contribution in [-0.4, -0.2) is 21.8 Å². The van der Waals surface area contributed by atoms with Crippen molar-refractivity contribution in [3.63, 3.8) is 0 Å². The van der Waals surface area contributed by atoms with Gasteiger partial charge in [-0.25, -0.2) is 9.07 Å². The van der Waals surface area contributed by atoms with Crippen molar-refractivity contribution in [3.8, 4) is 5.75 Å². The summed E-state index contributed by atoms with van der Waals surface area (Å²) in [6.45, 7) is 1.97. The van der Waals surface area contributed by atoms with Crippen LogP contribution >= 0.6 is 23.2 Å². The fourth-order valence-corrected chi connectivity index (χ4v) is 2.84. The average Bonchev–Trinajstić information content (AvgIpc) is 3.06. The highest BCUT2D eigenvalue weighted by Crippen LogP contribution is 2.23. The molecule has 1 aromatic heterocycles. The molecule has 0 aliphatic rings. The summed E-state index contributed by atoms with van der Waals surface area (Å²) in [5.74, 6) is 0.175. The summed E-state index contributed by atoms with van der Waals surface area (Å²) >= 11 is 12.1. The zero-order valence-corrected chi connectivity index (χ0v) is 15.8. The highest BCUT2D eigenvalue weighted by molar-refractivity contribution is 6.35. The van der Waals surface area contributed by atoms with Gasteiger partial charge in [0, 0.05) is 16.1 Å². The van der Waals surface area contributed by atoms with Crippen LogP contribution < -0.4 is 10.1 Å². The first kappa shape index (κ1) is 19.2. The first-order chi connectivity index (χ1) is 12.9. The van der Waals surface area contributed by atoms with Crippen molar-refractivity contribution < 1.29 is 13.9 Å². The molecule has 0 unspecified atom stereocenters. The second-order valence-electron chi connectivity index (χ2n) is 5.81. The Bertz CT molecular complexity index is 944. The average molecular weight is 408 g/mol. The summed E-state index contributed by atoms with van der Waals surface area (Å²) in [6.07, 6.45) is 0.795. The van der Waals surface area contributed by atoms with Crippen molar-refractivity contribution in [2.75, 3.05) is 5.32 Å². The molecule has 0 saturated carbocycles. The van der Waals surface area contributed by atoms with E-state index in [1.807, 2.05) is 0 Å². The lowest BCUT2D eigenvalue weighted by Gasteiger charge is -2.15. The smallest absolute Gasteiger partial charge is 0.266 e. The zero-order valence-electron chi connectivity index (χ0n) is 14.3. The lowest BCUT2D eigenvalue weighted by atomic mass is 10.2. The second kappa shape index (κ2) is 8.41. The number of carbonyl (C=O) groups excluding carboxylic acids is 1. The number of ether oxygens (including phenoxy) is 1.